The van der Waals surface area contributed by atoms with Crippen molar-refractivity contribution >= 4 is 34.8 Å². The molecule has 0 fully saturated rings. The largest absolute Gasteiger partial charge is 0.383 e. The summed E-state index contributed by atoms with van der Waals surface area (Å²) < 4.78 is 4.97. The van der Waals surface area contributed by atoms with Gasteiger partial charge in [-0.15, -0.1) is 0 Å². The van der Waals surface area contributed by atoms with Crippen LogP contribution in [0.5, 0.6) is 0 Å². The van der Waals surface area contributed by atoms with E-state index in [9.17, 15) is 4.79 Å². The van der Waals surface area contributed by atoms with Gasteiger partial charge < -0.3 is 14.9 Å². The molecule has 0 bridgehead atoms. The van der Waals surface area contributed by atoms with Crippen LogP contribution >= 0.6 is 23.2 Å². The summed E-state index contributed by atoms with van der Waals surface area (Å²) in [7, 11) is 1.58. The number of nitrogens with zero attached hydrogens (tertiary/aromatic N) is 1. The van der Waals surface area contributed by atoms with Crippen molar-refractivity contribution in [3.05, 3.63) is 33.8 Å². The predicted octanol–water partition coefficient (Wildman–Crippen LogP) is 2.64. The summed E-state index contributed by atoms with van der Waals surface area (Å²) in [4.78, 5) is 17.2. The fourth-order valence-electron chi connectivity index (χ4n) is 1.99. The molecule has 0 saturated carbocycles. The molecule has 114 valence electrons. The molecule has 21 heavy (non-hydrogen) atoms. The van der Waals surface area contributed by atoms with Gasteiger partial charge in [0.15, 0.2) is 0 Å². The molecule has 0 aromatic heterocycles. The molecule has 1 N–H and O–H groups in total. The van der Waals surface area contributed by atoms with Crippen molar-refractivity contribution in [2.75, 3.05) is 13.7 Å². The van der Waals surface area contributed by atoms with Gasteiger partial charge in [0.1, 0.15) is 0 Å². The number of ether oxygens (including phenoxy) is 1. The Morgan fingerprint density at radius 1 is 1.52 bits per heavy atom. The Kier molecular flexibility index (Phi) is 5.45. The van der Waals surface area contributed by atoms with E-state index in [1.165, 1.54) is 0 Å². The second-order valence-electron chi connectivity index (χ2n) is 4.83. The van der Waals surface area contributed by atoms with Gasteiger partial charge in [0.25, 0.3) is 5.91 Å². The zero-order valence-electron chi connectivity index (χ0n) is 11.7. The maximum Gasteiger partial charge on any atom is 0.264 e. The zero-order chi connectivity index (χ0) is 15.4. The Hall–Kier alpha value is -1.30. The molecule has 2 atom stereocenters. The number of hydrogen-bond acceptors (Lipinski definition) is 4. The molecule has 1 heterocycles. The number of nitrogens with one attached hydrogen (secondary N) is 1. The molecule has 1 aromatic rings. The third kappa shape index (κ3) is 4.09. The smallest absolute Gasteiger partial charge is 0.264 e. The molecule has 0 aliphatic carbocycles. The summed E-state index contributed by atoms with van der Waals surface area (Å²) in [6.07, 6.45) is -0.238. The molecule has 5 nitrogen and oxygen atoms in total. The summed E-state index contributed by atoms with van der Waals surface area (Å²) in [6.45, 7) is 2.30. The van der Waals surface area contributed by atoms with E-state index in [1.807, 2.05) is 6.92 Å². The number of carbonyl (C=O) groups excluding carboxylic acids is 1. The minimum Gasteiger partial charge on any atom is -0.383 e. The zero-order valence-corrected chi connectivity index (χ0v) is 13.2. The van der Waals surface area contributed by atoms with Crippen molar-refractivity contribution in [1.29, 1.82) is 0 Å². The average Bonchev–Trinajstić information content (AvgIpc) is 2.92. The van der Waals surface area contributed by atoms with Crippen molar-refractivity contribution < 1.29 is 14.4 Å². The minimum atomic E-state index is -0.631. The van der Waals surface area contributed by atoms with Gasteiger partial charge in [0.05, 0.1) is 22.4 Å². The number of oxime groups is 1. The van der Waals surface area contributed by atoms with Crippen molar-refractivity contribution in [3.8, 4) is 0 Å². The van der Waals surface area contributed by atoms with Crippen LogP contribution in [0.25, 0.3) is 0 Å². The van der Waals surface area contributed by atoms with Gasteiger partial charge in [-0.2, -0.15) is 0 Å². The first-order chi connectivity index (χ1) is 10.0. The third-order valence-electron chi connectivity index (χ3n) is 3.02. The first-order valence-electron chi connectivity index (χ1n) is 6.48. The van der Waals surface area contributed by atoms with Crippen LogP contribution in [0.15, 0.2) is 23.4 Å². The maximum atomic E-state index is 12.0. The minimum absolute atomic E-state index is 0.0832. The number of methoxy groups -OCH3 is 1. The number of hydrogen-bond donors (Lipinski definition) is 1. The second-order valence-corrected chi connectivity index (χ2v) is 5.64. The highest BCUT2D eigenvalue weighted by molar-refractivity contribution is 6.42. The lowest BCUT2D eigenvalue weighted by Gasteiger charge is -2.15. The number of rotatable bonds is 5. The van der Waals surface area contributed by atoms with Crippen molar-refractivity contribution in [2.45, 2.75) is 25.5 Å². The monoisotopic (exact) mass is 330 g/mol. The maximum absolute atomic E-state index is 12.0. The van der Waals surface area contributed by atoms with E-state index in [2.05, 4.69) is 10.5 Å². The molecule has 7 heteroatoms. The van der Waals surface area contributed by atoms with E-state index < -0.39 is 6.10 Å². The Morgan fingerprint density at radius 2 is 2.29 bits per heavy atom. The van der Waals surface area contributed by atoms with Crippen LogP contribution in [0.2, 0.25) is 10.0 Å². The molecule has 1 aromatic carbocycles. The standard InChI is InChI=1S/C14H16Cl2N2O3/c1-8(7-20-2)17-14(19)13-6-12(18-21-13)9-3-4-10(15)11(16)5-9/h3-5,8,13H,6-7H2,1-2H3,(H,17,19)/t8-,13-/m1/s1. The van der Waals surface area contributed by atoms with Crippen LogP contribution in [0.1, 0.15) is 18.9 Å². The van der Waals surface area contributed by atoms with Crippen LogP contribution in [-0.4, -0.2) is 37.5 Å². The number of halogens is 2. The van der Waals surface area contributed by atoms with Gasteiger partial charge in [-0.1, -0.05) is 34.4 Å². The molecule has 1 aliphatic heterocycles. The van der Waals surface area contributed by atoms with E-state index in [0.717, 1.165) is 5.56 Å². The predicted molar refractivity (Wildman–Crippen MR) is 82.0 cm³/mol. The summed E-state index contributed by atoms with van der Waals surface area (Å²) in [6, 6.07) is 5.11. The highest BCUT2D eigenvalue weighted by Crippen LogP contribution is 2.25. The van der Waals surface area contributed by atoms with Crippen LogP contribution < -0.4 is 5.32 Å². The first-order valence-corrected chi connectivity index (χ1v) is 7.24. The molecule has 0 spiro atoms. The highest BCUT2D eigenvalue weighted by Gasteiger charge is 2.29. The lowest BCUT2D eigenvalue weighted by molar-refractivity contribution is -0.132. The number of amides is 1. The van der Waals surface area contributed by atoms with Crippen molar-refractivity contribution in [2.24, 2.45) is 5.16 Å². The van der Waals surface area contributed by atoms with E-state index in [4.69, 9.17) is 32.8 Å². The highest BCUT2D eigenvalue weighted by atomic mass is 35.5. The Balaban J connectivity index is 1.96. The summed E-state index contributed by atoms with van der Waals surface area (Å²) in [5.74, 6) is -0.210. The summed E-state index contributed by atoms with van der Waals surface area (Å²) in [5.41, 5.74) is 1.47. The van der Waals surface area contributed by atoms with Crippen LogP contribution in [0, 0.1) is 0 Å². The van der Waals surface area contributed by atoms with Crippen LogP contribution in [0.4, 0.5) is 0 Å². The average molecular weight is 331 g/mol. The first kappa shape index (κ1) is 16.1. The molecule has 2 rings (SSSR count). The van der Waals surface area contributed by atoms with Crippen LogP contribution in [-0.2, 0) is 14.4 Å². The second kappa shape index (κ2) is 7.11. The molecule has 0 unspecified atom stereocenters. The van der Waals surface area contributed by atoms with E-state index in [0.29, 0.717) is 28.8 Å². The van der Waals surface area contributed by atoms with E-state index >= 15 is 0 Å². The number of carbonyl (C=O) groups is 1. The van der Waals surface area contributed by atoms with Gasteiger partial charge in [-0.05, 0) is 19.1 Å². The van der Waals surface area contributed by atoms with E-state index in [-0.39, 0.29) is 11.9 Å². The Morgan fingerprint density at radius 3 is 2.95 bits per heavy atom. The molecule has 0 radical (unpaired) electrons. The lowest BCUT2D eigenvalue weighted by atomic mass is 10.0. The molecular formula is C14H16Cl2N2O3. The number of benzene rings is 1. The van der Waals surface area contributed by atoms with Gasteiger partial charge in [0, 0.05) is 25.1 Å². The van der Waals surface area contributed by atoms with E-state index in [1.54, 1.807) is 25.3 Å². The fourth-order valence-corrected chi connectivity index (χ4v) is 2.29. The van der Waals surface area contributed by atoms with Crippen LogP contribution in [0.3, 0.4) is 0 Å². The third-order valence-corrected chi connectivity index (χ3v) is 3.76. The fraction of sp³-hybridized carbons (Fsp3) is 0.429. The van der Waals surface area contributed by atoms with Gasteiger partial charge in [0.2, 0.25) is 6.10 Å². The summed E-state index contributed by atoms with van der Waals surface area (Å²) >= 11 is 11.8. The van der Waals surface area contributed by atoms with Gasteiger partial charge in [-0.25, -0.2) is 0 Å². The normalized spacial score (nSPS) is 18.9. The molecule has 1 aliphatic rings. The Bertz CT molecular complexity index is 563. The molecular weight excluding hydrogens is 315 g/mol. The Labute approximate surface area is 133 Å². The van der Waals surface area contributed by atoms with Gasteiger partial charge >= 0.3 is 0 Å². The van der Waals surface area contributed by atoms with Gasteiger partial charge in [-0.3, -0.25) is 4.79 Å². The quantitative estimate of drug-likeness (QED) is 0.902. The molecule has 1 amide bonds. The topological polar surface area (TPSA) is 59.9 Å². The van der Waals surface area contributed by atoms with Crippen molar-refractivity contribution in [3.63, 3.8) is 0 Å². The van der Waals surface area contributed by atoms with Crippen molar-refractivity contribution in [1.82, 2.24) is 5.32 Å². The SMILES string of the molecule is COC[C@@H](C)NC(=O)[C@H]1CC(c2ccc(Cl)c(Cl)c2)=NO1. The lowest BCUT2D eigenvalue weighted by Crippen LogP contribution is -2.42. The summed E-state index contributed by atoms with van der Waals surface area (Å²) in [5, 5.41) is 7.68. The molecule has 0 saturated heterocycles.